The van der Waals surface area contributed by atoms with Gasteiger partial charge in [0, 0.05) is 23.0 Å². The van der Waals surface area contributed by atoms with Crippen molar-refractivity contribution >= 4 is 45.0 Å². The average Bonchev–Trinajstić information content (AvgIpc) is 2.56. The molecule has 0 heterocycles. The number of nitrogens with zero attached hydrogens (tertiary/aromatic N) is 2. The Morgan fingerprint density at radius 3 is 2.73 bits per heavy atom. The average molecular weight is 378 g/mol. The van der Waals surface area contributed by atoms with Crippen LogP contribution in [0.5, 0.6) is 0 Å². The van der Waals surface area contributed by atoms with Gasteiger partial charge in [0.1, 0.15) is 0 Å². The third kappa shape index (κ3) is 4.27. The van der Waals surface area contributed by atoms with Crippen LogP contribution in [0.1, 0.15) is 5.56 Å². The van der Waals surface area contributed by atoms with Crippen molar-refractivity contribution < 1.29 is 0 Å². The van der Waals surface area contributed by atoms with Crippen LogP contribution in [0, 0.1) is 0 Å². The minimum Gasteiger partial charge on any atom is -0.369 e. The molecule has 5 heteroatoms. The summed E-state index contributed by atoms with van der Waals surface area (Å²) in [6.45, 7) is 0. The topological polar surface area (TPSA) is 41.6 Å². The van der Waals surface area contributed by atoms with E-state index in [1.165, 1.54) is 10.5 Å². The van der Waals surface area contributed by atoms with Gasteiger partial charge in [0.2, 0.25) is 5.96 Å². The van der Waals surface area contributed by atoms with Crippen molar-refractivity contribution in [3.05, 3.63) is 54.1 Å². The summed E-state index contributed by atoms with van der Waals surface area (Å²) < 4.78 is 0. The number of guanidine groups is 1. The summed E-state index contributed by atoms with van der Waals surface area (Å²) >= 11 is 5.19. The zero-order valence-electron chi connectivity index (χ0n) is 12.8. The van der Waals surface area contributed by atoms with Crippen molar-refractivity contribution in [1.29, 1.82) is 0 Å². The Morgan fingerprint density at radius 2 is 2.00 bits per heavy atom. The van der Waals surface area contributed by atoms with E-state index in [-0.39, 0.29) is 0 Å². The number of hydrogen-bond acceptors (Lipinski definition) is 2. The molecule has 2 N–H and O–H groups in total. The van der Waals surface area contributed by atoms with Crippen molar-refractivity contribution in [2.45, 2.75) is 11.3 Å². The standard InChI is InChI=1S/C17H20BrN3S/c1-21(14-7-5-8-15(12-14)22-2)17(19)20-16-9-4-3-6-13(16)10-11-18/h3-9,12H,10-11H2,1-2H3,(H2,19,20). The van der Waals surface area contributed by atoms with E-state index in [0.29, 0.717) is 5.96 Å². The predicted molar refractivity (Wildman–Crippen MR) is 102 cm³/mol. The Hall–Kier alpha value is -1.46. The summed E-state index contributed by atoms with van der Waals surface area (Å²) in [5.41, 5.74) is 9.34. The van der Waals surface area contributed by atoms with Crippen molar-refractivity contribution in [3.63, 3.8) is 0 Å². The van der Waals surface area contributed by atoms with Gasteiger partial charge >= 0.3 is 0 Å². The molecular weight excluding hydrogens is 358 g/mol. The number of hydrogen-bond donors (Lipinski definition) is 1. The lowest BCUT2D eigenvalue weighted by Crippen LogP contribution is -2.33. The number of rotatable bonds is 5. The lowest BCUT2D eigenvalue weighted by molar-refractivity contribution is 1.15. The fourth-order valence-corrected chi connectivity index (χ4v) is 2.96. The maximum atomic E-state index is 6.20. The maximum absolute atomic E-state index is 6.20. The van der Waals surface area contributed by atoms with E-state index in [0.717, 1.165) is 23.1 Å². The Bertz CT molecular complexity index is 658. The molecule has 0 unspecified atom stereocenters. The van der Waals surface area contributed by atoms with Crippen LogP contribution in [0.25, 0.3) is 0 Å². The van der Waals surface area contributed by atoms with E-state index in [2.05, 4.69) is 45.4 Å². The zero-order valence-corrected chi connectivity index (χ0v) is 15.2. The lowest BCUT2D eigenvalue weighted by Gasteiger charge is -2.19. The molecule has 0 radical (unpaired) electrons. The molecule has 2 rings (SSSR count). The van der Waals surface area contributed by atoms with E-state index in [1.807, 2.05) is 42.3 Å². The van der Waals surface area contributed by atoms with Gasteiger partial charge in [0.15, 0.2) is 0 Å². The van der Waals surface area contributed by atoms with E-state index in [9.17, 15) is 0 Å². The van der Waals surface area contributed by atoms with Crippen LogP contribution in [-0.4, -0.2) is 24.6 Å². The van der Waals surface area contributed by atoms with Crippen LogP contribution < -0.4 is 10.6 Å². The van der Waals surface area contributed by atoms with Crippen LogP contribution in [-0.2, 0) is 6.42 Å². The normalized spacial score (nSPS) is 11.5. The molecule has 2 aromatic carbocycles. The first-order chi connectivity index (χ1) is 10.7. The van der Waals surface area contributed by atoms with Crippen LogP contribution in [0.3, 0.4) is 0 Å². The van der Waals surface area contributed by atoms with Gasteiger partial charge in [-0.2, -0.15) is 0 Å². The van der Waals surface area contributed by atoms with Gasteiger partial charge in [0.25, 0.3) is 0 Å². The molecule has 0 saturated heterocycles. The third-order valence-electron chi connectivity index (χ3n) is 3.37. The molecular formula is C17H20BrN3S. The molecule has 0 aromatic heterocycles. The molecule has 0 saturated carbocycles. The molecule has 0 spiro atoms. The second kappa shape index (κ2) is 8.25. The molecule has 0 fully saturated rings. The fourth-order valence-electron chi connectivity index (χ4n) is 2.08. The number of anilines is 1. The molecule has 22 heavy (non-hydrogen) atoms. The van der Waals surface area contributed by atoms with Gasteiger partial charge in [0.05, 0.1) is 5.69 Å². The number of alkyl halides is 1. The van der Waals surface area contributed by atoms with Gasteiger partial charge in [-0.25, -0.2) is 4.99 Å². The zero-order chi connectivity index (χ0) is 15.9. The SMILES string of the molecule is CSc1cccc(N(C)C(N)=Nc2ccccc2CCBr)c1. The Morgan fingerprint density at radius 1 is 1.23 bits per heavy atom. The summed E-state index contributed by atoms with van der Waals surface area (Å²) in [5.74, 6) is 0.486. The first kappa shape index (κ1) is 16.9. The molecule has 116 valence electrons. The number of halogens is 1. The second-order valence-corrected chi connectivity index (χ2v) is 6.47. The largest absolute Gasteiger partial charge is 0.369 e. The molecule has 0 aliphatic carbocycles. The highest BCUT2D eigenvalue weighted by Gasteiger charge is 2.07. The van der Waals surface area contributed by atoms with Gasteiger partial charge in [-0.3, -0.25) is 0 Å². The monoisotopic (exact) mass is 377 g/mol. The molecule has 0 aliphatic rings. The van der Waals surface area contributed by atoms with Crippen molar-refractivity contribution in [2.75, 3.05) is 23.5 Å². The minimum absolute atomic E-state index is 0.486. The van der Waals surface area contributed by atoms with Gasteiger partial charge < -0.3 is 10.6 Å². The highest BCUT2D eigenvalue weighted by atomic mass is 79.9. The highest BCUT2D eigenvalue weighted by Crippen LogP contribution is 2.23. The van der Waals surface area contributed by atoms with E-state index in [4.69, 9.17) is 5.73 Å². The third-order valence-corrected chi connectivity index (χ3v) is 4.50. The van der Waals surface area contributed by atoms with Crippen LogP contribution in [0.4, 0.5) is 11.4 Å². The summed E-state index contributed by atoms with van der Waals surface area (Å²) in [6, 6.07) is 16.4. The molecule has 2 aromatic rings. The van der Waals surface area contributed by atoms with Crippen LogP contribution >= 0.6 is 27.7 Å². The van der Waals surface area contributed by atoms with E-state index < -0.39 is 0 Å². The fraction of sp³-hybridized carbons (Fsp3) is 0.235. The Labute approximate surface area is 144 Å². The van der Waals surface area contributed by atoms with Gasteiger partial charge in [-0.05, 0) is 42.5 Å². The van der Waals surface area contributed by atoms with Gasteiger partial charge in [-0.15, -0.1) is 11.8 Å². The lowest BCUT2D eigenvalue weighted by atomic mass is 10.1. The van der Waals surface area contributed by atoms with Crippen LogP contribution in [0.15, 0.2) is 58.4 Å². The summed E-state index contributed by atoms with van der Waals surface area (Å²) in [7, 11) is 1.94. The van der Waals surface area contributed by atoms with E-state index >= 15 is 0 Å². The number of aryl methyl sites for hydroxylation is 1. The molecule has 0 atom stereocenters. The van der Waals surface area contributed by atoms with Gasteiger partial charge in [-0.1, -0.05) is 40.2 Å². The second-order valence-electron chi connectivity index (χ2n) is 4.80. The van der Waals surface area contributed by atoms with Crippen molar-refractivity contribution in [1.82, 2.24) is 0 Å². The molecule has 0 aliphatic heterocycles. The maximum Gasteiger partial charge on any atom is 0.200 e. The minimum atomic E-state index is 0.486. The van der Waals surface area contributed by atoms with Crippen LogP contribution in [0.2, 0.25) is 0 Å². The number of aliphatic imine (C=N–C) groups is 1. The number of para-hydroxylation sites is 1. The Kier molecular flexibility index (Phi) is 6.34. The summed E-state index contributed by atoms with van der Waals surface area (Å²) in [6.07, 6.45) is 2.99. The first-order valence-electron chi connectivity index (χ1n) is 7.01. The smallest absolute Gasteiger partial charge is 0.200 e. The summed E-state index contributed by atoms with van der Waals surface area (Å²) in [5, 5.41) is 0.908. The number of benzene rings is 2. The predicted octanol–water partition coefficient (Wildman–Crippen LogP) is 4.43. The highest BCUT2D eigenvalue weighted by molar-refractivity contribution is 9.09. The number of thioether (sulfide) groups is 1. The first-order valence-corrected chi connectivity index (χ1v) is 9.36. The Balaban J connectivity index is 2.28. The number of nitrogens with two attached hydrogens (primary N) is 1. The van der Waals surface area contributed by atoms with Crippen molar-refractivity contribution in [3.8, 4) is 0 Å². The summed E-state index contributed by atoms with van der Waals surface area (Å²) in [4.78, 5) is 7.71. The van der Waals surface area contributed by atoms with E-state index in [1.54, 1.807) is 11.8 Å². The molecule has 3 nitrogen and oxygen atoms in total. The molecule has 0 bridgehead atoms. The molecule has 0 amide bonds. The van der Waals surface area contributed by atoms with Crippen molar-refractivity contribution in [2.24, 2.45) is 10.7 Å². The quantitative estimate of drug-likeness (QED) is 0.362.